The van der Waals surface area contributed by atoms with E-state index in [2.05, 4.69) is 10.1 Å². The highest BCUT2D eigenvalue weighted by atomic mass is 16.5. The summed E-state index contributed by atoms with van der Waals surface area (Å²) in [6, 6.07) is -0.663. The number of carbonyl (C=O) groups is 2. The van der Waals surface area contributed by atoms with Gasteiger partial charge >= 0.3 is 5.97 Å². The SMILES string of the molecule is CCC(C)(OC)C(=O)NC(C)C(=O)OC. The second kappa shape index (κ2) is 5.70. The van der Waals surface area contributed by atoms with Gasteiger partial charge in [0.1, 0.15) is 11.6 Å². The summed E-state index contributed by atoms with van der Waals surface area (Å²) in [6.07, 6.45) is 0.531. The van der Waals surface area contributed by atoms with Crippen LogP contribution in [0.2, 0.25) is 0 Å². The fourth-order valence-electron chi connectivity index (χ4n) is 0.983. The smallest absolute Gasteiger partial charge is 0.328 e. The number of methoxy groups -OCH3 is 2. The minimum atomic E-state index is -0.901. The van der Waals surface area contributed by atoms with Crippen LogP contribution in [0.3, 0.4) is 0 Å². The molecule has 0 radical (unpaired) electrons. The van der Waals surface area contributed by atoms with E-state index in [4.69, 9.17) is 4.74 Å². The molecule has 0 bridgehead atoms. The van der Waals surface area contributed by atoms with Crippen molar-refractivity contribution >= 4 is 11.9 Å². The van der Waals surface area contributed by atoms with Gasteiger partial charge in [-0.1, -0.05) is 6.92 Å². The molecular weight excluding hydrogens is 198 g/mol. The fraction of sp³-hybridized carbons (Fsp3) is 0.800. The molecule has 0 aromatic heterocycles. The van der Waals surface area contributed by atoms with Crippen molar-refractivity contribution in [1.29, 1.82) is 0 Å². The van der Waals surface area contributed by atoms with Gasteiger partial charge in [-0.25, -0.2) is 4.79 Å². The van der Waals surface area contributed by atoms with Gasteiger partial charge in [0.2, 0.25) is 0 Å². The van der Waals surface area contributed by atoms with E-state index in [1.165, 1.54) is 14.2 Å². The molecule has 15 heavy (non-hydrogen) atoms. The molecule has 5 nitrogen and oxygen atoms in total. The van der Waals surface area contributed by atoms with Crippen molar-refractivity contribution in [2.45, 2.75) is 38.8 Å². The molecule has 0 saturated heterocycles. The highest BCUT2D eigenvalue weighted by molar-refractivity contribution is 5.89. The number of esters is 1. The highest BCUT2D eigenvalue weighted by Crippen LogP contribution is 2.14. The summed E-state index contributed by atoms with van der Waals surface area (Å²) in [7, 11) is 2.74. The largest absolute Gasteiger partial charge is 0.467 e. The van der Waals surface area contributed by atoms with Crippen LogP contribution in [0.4, 0.5) is 0 Å². The fourth-order valence-corrected chi connectivity index (χ4v) is 0.983. The van der Waals surface area contributed by atoms with Crippen molar-refractivity contribution < 1.29 is 19.1 Å². The van der Waals surface area contributed by atoms with E-state index in [1.807, 2.05) is 6.92 Å². The Morgan fingerprint density at radius 3 is 2.27 bits per heavy atom. The van der Waals surface area contributed by atoms with Crippen LogP contribution >= 0.6 is 0 Å². The van der Waals surface area contributed by atoms with E-state index in [0.29, 0.717) is 6.42 Å². The Balaban J connectivity index is 4.42. The number of carbonyl (C=O) groups excluding carboxylic acids is 2. The van der Waals surface area contributed by atoms with Crippen LogP contribution in [-0.4, -0.2) is 37.7 Å². The third kappa shape index (κ3) is 3.51. The van der Waals surface area contributed by atoms with Gasteiger partial charge < -0.3 is 14.8 Å². The Labute approximate surface area is 90.1 Å². The van der Waals surface area contributed by atoms with Crippen molar-refractivity contribution in [3.63, 3.8) is 0 Å². The number of hydrogen-bond donors (Lipinski definition) is 1. The maximum Gasteiger partial charge on any atom is 0.328 e. The van der Waals surface area contributed by atoms with E-state index in [9.17, 15) is 9.59 Å². The van der Waals surface area contributed by atoms with Crippen LogP contribution in [0.15, 0.2) is 0 Å². The summed E-state index contributed by atoms with van der Waals surface area (Å²) in [4.78, 5) is 22.8. The van der Waals surface area contributed by atoms with Crippen molar-refractivity contribution in [3.8, 4) is 0 Å². The Morgan fingerprint density at radius 2 is 1.93 bits per heavy atom. The first kappa shape index (κ1) is 13.9. The van der Waals surface area contributed by atoms with Crippen molar-refractivity contribution in [2.24, 2.45) is 0 Å². The number of ether oxygens (including phenoxy) is 2. The molecule has 0 fully saturated rings. The molecule has 2 atom stereocenters. The number of amides is 1. The topological polar surface area (TPSA) is 64.6 Å². The molecule has 0 aliphatic rings. The van der Waals surface area contributed by atoms with Crippen molar-refractivity contribution in [1.82, 2.24) is 5.32 Å². The van der Waals surface area contributed by atoms with E-state index >= 15 is 0 Å². The predicted octanol–water partition coefficient (Wildman–Crippen LogP) is 0.479. The molecule has 1 amide bonds. The van der Waals surface area contributed by atoms with Crippen LogP contribution in [-0.2, 0) is 19.1 Å². The number of hydrogen-bond acceptors (Lipinski definition) is 4. The van der Waals surface area contributed by atoms with E-state index < -0.39 is 17.6 Å². The molecule has 5 heteroatoms. The van der Waals surface area contributed by atoms with E-state index in [-0.39, 0.29) is 5.91 Å². The van der Waals surface area contributed by atoms with Gasteiger partial charge in [-0.3, -0.25) is 4.79 Å². The molecule has 88 valence electrons. The zero-order valence-electron chi connectivity index (χ0n) is 9.92. The van der Waals surface area contributed by atoms with Gasteiger partial charge in [-0.2, -0.15) is 0 Å². The molecule has 0 aliphatic heterocycles. The molecule has 0 heterocycles. The molecule has 2 unspecified atom stereocenters. The van der Waals surface area contributed by atoms with Gasteiger partial charge in [0.25, 0.3) is 5.91 Å². The zero-order chi connectivity index (χ0) is 12.1. The summed E-state index contributed by atoms with van der Waals surface area (Å²) in [5, 5.41) is 2.53. The highest BCUT2D eigenvalue weighted by Gasteiger charge is 2.32. The first-order valence-corrected chi connectivity index (χ1v) is 4.85. The van der Waals surface area contributed by atoms with Crippen molar-refractivity contribution in [3.05, 3.63) is 0 Å². The Kier molecular flexibility index (Phi) is 5.28. The third-order valence-corrected chi connectivity index (χ3v) is 2.51. The average molecular weight is 217 g/mol. The molecule has 0 aliphatic carbocycles. The standard InChI is InChI=1S/C10H19NO4/c1-6-10(3,15-5)9(13)11-7(2)8(12)14-4/h7H,6H2,1-5H3,(H,11,13). The average Bonchev–Trinajstić information content (AvgIpc) is 2.26. The van der Waals surface area contributed by atoms with Crippen molar-refractivity contribution in [2.75, 3.05) is 14.2 Å². The van der Waals surface area contributed by atoms with Gasteiger partial charge in [0, 0.05) is 7.11 Å². The quantitative estimate of drug-likeness (QED) is 0.680. The second-order valence-corrected chi connectivity index (χ2v) is 3.51. The first-order valence-electron chi connectivity index (χ1n) is 4.85. The lowest BCUT2D eigenvalue weighted by Gasteiger charge is -2.26. The molecular formula is C10H19NO4. The lowest BCUT2D eigenvalue weighted by Crippen LogP contribution is -2.50. The predicted molar refractivity (Wildman–Crippen MR) is 55.3 cm³/mol. The van der Waals surface area contributed by atoms with Crippen LogP contribution in [0, 0.1) is 0 Å². The van der Waals surface area contributed by atoms with Crippen LogP contribution in [0.1, 0.15) is 27.2 Å². The molecule has 0 aromatic rings. The van der Waals surface area contributed by atoms with Gasteiger partial charge in [-0.05, 0) is 20.3 Å². The minimum Gasteiger partial charge on any atom is -0.467 e. The molecule has 0 spiro atoms. The summed E-state index contributed by atoms with van der Waals surface area (Å²) in [5.74, 6) is -0.789. The Hall–Kier alpha value is -1.10. The summed E-state index contributed by atoms with van der Waals surface area (Å²) in [5.41, 5.74) is -0.901. The lowest BCUT2D eigenvalue weighted by molar-refractivity contribution is -0.149. The maximum absolute atomic E-state index is 11.7. The first-order chi connectivity index (χ1) is 6.91. The molecule has 0 aromatic carbocycles. The number of nitrogens with one attached hydrogen (secondary N) is 1. The normalized spacial score (nSPS) is 16.3. The Morgan fingerprint density at radius 1 is 1.40 bits per heavy atom. The van der Waals surface area contributed by atoms with Gasteiger partial charge in [0.15, 0.2) is 0 Å². The van der Waals surface area contributed by atoms with E-state index in [0.717, 1.165) is 0 Å². The van der Waals surface area contributed by atoms with Crippen LogP contribution in [0.5, 0.6) is 0 Å². The summed E-state index contributed by atoms with van der Waals surface area (Å²) < 4.78 is 9.60. The Bertz CT molecular complexity index is 236. The lowest BCUT2D eigenvalue weighted by atomic mass is 10.0. The molecule has 0 rings (SSSR count). The van der Waals surface area contributed by atoms with Crippen LogP contribution < -0.4 is 5.32 Å². The summed E-state index contributed by atoms with van der Waals surface area (Å²) >= 11 is 0. The minimum absolute atomic E-state index is 0.314. The van der Waals surface area contributed by atoms with Crippen LogP contribution in [0.25, 0.3) is 0 Å². The second-order valence-electron chi connectivity index (χ2n) is 3.51. The van der Waals surface area contributed by atoms with Gasteiger partial charge in [-0.15, -0.1) is 0 Å². The van der Waals surface area contributed by atoms with Gasteiger partial charge in [0.05, 0.1) is 7.11 Å². The monoisotopic (exact) mass is 217 g/mol. The number of rotatable bonds is 5. The van der Waals surface area contributed by atoms with E-state index in [1.54, 1.807) is 13.8 Å². The molecule has 0 saturated carbocycles. The third-order valence-electron chi connectivity index (χ3n) is 2.51. The summed E-state index contributed by atoms with van der Waals surface area (Å²) in [6.45, 7) is 5.08. The molecule has 1 N–H and O–H groups in total. The maximum atomic E-state index is 11.7. The zero-order valence-corrected chi connectivity index (χ0v) is 9.92.